The van der Waals surface area contributed by atoms with Gasteiger partial charge in [-0.2, -0.15) is 0 Å². The Morgan fingerprint density at radius 2 is 1.95 bits per heavy atom. The van der Waals surface area contributed by atoms with Gasteiger partial charge in [0.05, 0.1) is 0 Å². The molecular weight excluding hydrogens is 256 g/mol. The molecule has 2 nitrogen and oxygen atoms in total. The van der Waals surface area contributed by atoms with Gasteiger partial charge in [-0.3, -0.25) is 9.80 Å². The summed E-state index contributed by atoms with van der Waals surface area (Å²) in [4.78, 5) is 5.57. The standard InChI is InChI=1S/C19H30N2/c1-3-18-14-20-12-8-7-11-19(20)15-21(18)16(2)13-17-9-5-4-6-10-17/h4-6,9-10,16,18-19H,3,7-8,11-15H2,1-2H3. The van der Waals surface area contributed by atoms with E-state index in [1.807, 2.05) is 0 Å². The van der Waals surface area contributed by atoms with E-state index in [2.05, 4.69) is 54.0 Å². The van der Waals surface area contributed by atoms with Crippen LogP contribution in [0.3, 0.4) is 0 Å². The maximum atomic E-state index is 2.81. The summed E-state index contributed by atoms with van der Waals surface area (Å²) in [5.74, 6) is 0. The summed E-state index contributed by atoms with van der Waals surface area (Å²) in [5, 5.41) is 0. The van der Waals surface area contributed by atoms with Crippen molar-refractivity contribution < 1.29 is 0 Å². The minimum Gasteiger partial charge on any atom is -0.298 e. The Kier molecular flexibility index (Phi) is 4.97. The van der Waals surface area contributed by atoms with Crippen LogP contribution in [0.25, 0.3) is 0 Å². The summed E-state index contributed by atoms with van der Waals surface area (Å²) < 4.78 is 0. The second-order valence-electron chi connectivity index (χ2n) is 6.94. The van der Waals surface area contributed by atoms with Gasteiger partial charge in [0.2, 0.25) is 0 Å². The van der Waals surface area contributed by atoms with Crippen LogP contribution in [0.15, 0.2) is 30.3 Å². The van der Waals surface area contributed by atoms with E-state index in [0.29, 0.717) is 6.04 Å². The molecule has 3 atom stereocenters. The highest BCUT2D eigenvalue weighted by atomic mass is 15.3. The second-order valence-corrected chi connectivity index (χ2v) is 6.94. The largest absolute Gasteiger partial charge is 0.298 e. The molecule has 0 bridgehead atoms. The summed E-state index contributed by atoms with van der Waals surface area (Å²) in [6, 6.07) is 13.2. The van der Waals surface area contributed by atoms with Crippen LogP contribution >= 0.6 is 0 Å². The first kappa shape index (κ1) is 15.1. The van der Waals surface area contributed by atoms with E-state index in [0.717, 1.165) is 12.1 Å². The molecule has 0 aromatic heterocycles. The SMILES string of the molecule is CCC1CN2CCCCC2CN1C(C)Cc1ccccc1. The lowest BCUT2D eigenvalue weighted by Crippen LogP contribution is -2.61. The minimum absolute atomic E-state index is 0.654. The molecule has 116 valence electrons. The van der Waals surface area contributed by atoms with Crippen molar-refractivity contribution in [3.8, 4) is 0 Å². The van der Waals surface area contributed by atoms with E-state index in [1.54, 1.807) is 0 Å². The molecule has 2 saturated heterocycles. The van der Waals surface area contributed by atoms with Crippen LogP contribution in [-0.2, 0) is 6.42 Å². The van der Waals surface area contributed by atoms with Crippen LogP contribution in [0.4, 0.5) is 0 Å². The molecule has 21 heavy (non-hydrogen) atoms. The molecule has 0 spiro atoms. The van der Waals surface area contributed by atoms with E-state index in [9.17, 15) is 0 Å². The molecule has 3 rings (SSSR count). The van der Waals surface area contributed by atoms with Gasteiger partial charge in [0, 0.05) is 31.2 Å². The first-order chi connectivity index (χ1) is 10.3. The zero-order valence-corrected chi connectivity index (χ0v) is 13.7. The average molecular weight is 286 g/mol. The summed E-state index contributed by atoms with van der Waals surface area (Å²) in [5.41, 5.74) is 1.48. The topological polar surface area (TPSA) is 6.48 Å². The number of hydrogen-bond acceptors (Lipinski definition) is 2. The average Bonchev–Trinajstić information content (AvgIpc) is 2.54. The molecule has 2 aliphatic heterocycles. The number of piperazine rings is 1. The highest BCUT2D eigenvalue weighted by Gasteiger charge is 2.35. The Morgan fingerprint density at radius 1 is 1.14 bits per heavy atom. The third-order valence-electron chi connectivity index (χ3n) is 5.50. The lowest BCUT2D eigenvalue weighted by molar-refractivity contribution is -0.0116. The van der Waals surface area contributed by atoms with Crippen molar-refractivity contribution in [3.05, 3.63) is 35.9 Å². The second kappa shape index (κ2) is 6.93. The van der Waals surface area contributed by atoms with E-state index < -0.39 is 0 Å². The van der Waals surface area contributed by atoms with Gasteiger partial charge in [-0.15, -0.1) is 0 Å². The first-order valence-electron chi connectivity index (χ1n) is 8.81. The molecule has 3 unspecified atom stereocenters. The maximum Gasteiger partial charge on any atom is 0.0224 e. The third-order valence-corrected chi connectivity index (χ3v) is 5.50. The van der Waals surface area contributed by atoms with Crippen molar-refractivity contribution in [3.63, 3.8) is 0 Å². The van der Waals surface area contributed by atoms with Crippen molar-refractivity contribution in [2.24, 2.45) is 0 Å². The molecule has 0 aliphatic carbocycles. The summed E-state index contributed by atoms with van der Waals surface area (Å²) >= 11 is 0. The van der Waals surface area contributed by atoms with Gasteiger partial charge in [-0.05, 0) is 44.7 Å². The molecule has 1 aromatic rings. The third kappa shape index (κ3) is 3.49. The van der Waals surface area contributed by atoms with Crippen LogP contribution in [0.5, 0.6) is 0 Å². The molecule has 1 aromatic carbocycles. The number of rotatable bonds is 4. The zero-order chi connectivity index (χ0) is 14.7. The Morgan fingerprint density at radius 3 is 2.71 bits per heavy atom. The monoisotopic (exact) mass is 286 g/mol. The smallest absolute Gasteiger partial charge is 0.0224 e. The Balaban J connectivity index is 1.67. The van der Waals surface area contributed by atoms with Gasteiger partial charge >= 0.3 is 0 Å². The van der Waals surface area contributed by atoms with Crippen LogP contribution < -0.4 is 0 Å². The van der Waals surface area contributed by atoms with Gasteiger partial charge in [0.1, 0.15) is 0 Å². The number of fused-ring (bicyclic) bond motifs is 1. The van der Waals surface area contributed by atoms with E-state index in [-0.39, 0.29) is 0 Å². The number of nitrogens with zero attached hydrogens (tertiary/aromatic N) is 2. The zero-order valence-electron chi connectivity index (χ0n) is 13.7. The lowest BCUT2D eigenvalue weighted by atomic mass is 9.93. The predicted molar refractivity (Wildman–Crippen MR) is 89.6 cm³/mol. The molecule has 0 radical (unpaired) electrons. The van der Waals surface area contributed by atoms with E-state index in [1.165, 1.54) is 57.3 Å². The van der Waals surface area contributed by atoms with Gasteiger partial charge in [0.15, 0.2) is 0 Å². The van der Waals surface area contributed by atoms with Crippen LogP contribution in [0, 0.1) is 0 Å². The fraction of sp³-hybridized carbons (Fsp3) is 0.684. The fourth-order valence-electron chi connectivity index (χ4n) is 4.25. The minimum atomic E-state index is 0.654. The Hall–Kier alpha value is -0.860. The van der Waals surface area contributed by atoms with Crippen molar-refractivity contribution >= 4 is 0 Å². The van der Waals surface area contributed by atoms with Crippen LogP contribution in [-0.4, -0.2) is 47.6 Å². The fourth-order valence-corrected chi connectivity index (χ4v) is 4.25. The van der Waals surface area contributed by atoms with Crippen molar-refractivity contribution in [1.29, 1.82) is 0 Å². The lowest BCUT2D eigenvalue weighted by Gasteiger charge is -2.50. The number of benzene rings is 1. The molecule has 2 heterocycles. The van der Waals surface area contributed by atoms with Crippen molar-refractivity contribution in [2.45, 2.75) is 64.1 Å². The molecule has 2 aliphatic rings. The molecular formula is C19H30N2. The van der Waals surface area contributed by atoms with Gasteiger partial charge < -0.3 is 0 Å². The van der Waals surface area contributed by atoms with Gasteiger partial charge in [0.25, 0.3) is 0 Å². The normalized spacial score (nSPS) is 29.0. The van der Waals surface area contributed by atoms with Crippen LogP contribution in [0.2, 0.25) is 0 Å². The van der Waals surface area contributed by atoms with Gasteiger partial charge in [-0.25, -0.2) is 0 Å². The summed E-state index contributed by atoms with van der Waals surface area (Å²) in [7, 11) is 0. The summed E-state index contributed by atoms with van der Waals surface area (Å²) in [6.45, 7) is 8.69. The molecule has 0 saturated carbocycles. The number of hydrogen-bond donors (Lipinski definition) is 0. The Bertz CT molecular complexity index is 430. The quantitative estimate of drug-likeness (QED) is 0.835. The maximum absolute atomic E-state index is 2.81. The van der Waals surface area contributed by atoms with E-state index >= 15 is 0 Å². The molecule has 2 fully saturated rings. The molecule has 0 N–H and O–H groups in total. The van der Waals surface area contributed by atoms with E-state index in [4.69, 9.17) is 0 Å². The van der Waals surface area contributed by atoms with Gasteiger partial charge in [-0.1, -0.05) is 43.7 Å². The first-order valence-corrected chi connectivity index (χ1v) is 8.81. The molecule has 0 amide bonds. The Labute approximate surface area is 130 Å². The van der Waals surface area contributed by atoms with Crippen molar-refractivity contribution in [1.82, 2.24) is 9.80 Å². The summed E-state index contributed by atoms with van der Waals surface area (Å²) in [6.07, 6.45) is 6.71. The van der Waals surface area contributed by atoms with Crippen molar-refractivity contribution in [2.75, 3.05) is 19.6 Å². The highest BCUT2D eigenvalue weighted by molar-refractivity contribution is 5.16. The highest BCUT2D eigenvalue weighted by Crippen LogP contribution is 2.27. The molecule has 2 heteroatoms. The van der Waals surface area contributed by atoms with Crippen LogP contribution in [0.1, 0.15) is 45.1 Å². The number of piperidine rings is 1. The predicted octanol–water partition coefficient (Wildman–Crippen LogP) is 3.57.